The fourth-order valence-electron chi connectivity index (χ4n) is 1.45. The smallest absolute Gasteiger partial charge is 0.162 e. The second kappa shape index (κ2) is 5.58. The van der Waals surface area contributed by atoms with Gasteiger partial charge in [-0.15, -0.1) is 0 Å². The van der Waals surface area contributed by atoms with Crippen LogP contribution >= 0.6 is 0 Å². The van der Waals surface area contributed by atoms with Crippen molar-refractivity contribution < 1.29 is 9.84 Å². The van der Waals surface area contributed by atoms with Crippen LogP contribution in [0.15, 0.2) is 18.2 Å². The molecule has 1 rings (SSSR count). The Hall–Kier alpha value is -1.26. The average molecular weight is 210 g/mol. The Morgan fingerprint density at radius 1 is 1.47 bits per heavy atom. The van der Waals surface area contributed by atoms with E-state index >= 15 is 0 Å². The minimum absolute atomic E-state index is 0.212. The van der Waals surface area contributed by atoms with Crippen molar-refractivity contribution in [1.29, 1.82) is 0 Å². The van der Waals surface area contributed by atoms with Gasteiger partial charge in [-0.25, -0.2) is 0 Å². The molecule has 15 heavy (non-hydrogen) atoms. The number of phenolic OH excluding ortho intramolecular Hbond substituents is 1. The molecule has 0 atom stereocenters. The van der Waals surface area contributed by atoms with Gasteiger partial charge in [-0.1, -0.05) is 12.1 Å². The van der Waals surface area contributed by atoms with Crippen LogP contribution in [0.3, 0.4) is 0 Å². The van der Waals surface area contributed by atoms with Gasteiger partial charge in [0.25, 0.3) is 0 Å². The molecule has 0 amide bonds. The molecule has 0 aromatic heterocycles. The number of nitrogens with two attached hydrogens (primary N) is 1. The summed E-state index contributed by atoms with van der Waals surface area (Å²) < 4.78 is 5.03. The van der Waals surface area contributed by atoms with Crippen molar-refractivity contribution >= 4 is 0 Å². The molecule has 0 heterocycles. The molecule has 0 unspecified atom stereocenters. The van der Waals surface area contributed by atoms with E-state index in [-0.39, 0.29) is 5.75 Å². The van der Waals surface area contributed by atoms with E-state index in [1.54, 1.807) is 13.2 Å². The topological polar surface area (TPSA) is 58.7 Å². The molecule has 0 aliphatic carbocycles. The van der Waals surface area contributed by atoms with E-state index in [1.165, 1.54) is 0 Å². The first-order chi connectivity index (χ1) is 7.19. The number of likely N-dealkylation sites (N-methyl/N-ethyl adjacent to an activating group) is 1. The number of methoxy groups -OCH3 is 1. The summed E-state index contributed by atoms with van der Waals surface area (Å²) in [5, 5.41) is 9.82. The number of rotatable bonds is 5. The zero-order valence-electron chi connectivity index (χ0n) is 9.23. The summed E-state index contributed by atoms with van der Waals surface area (Å²) in [4.78, 5) is 2.05. The second-order valence-electron chi connectivity index (χ2n) is 3.49. The van der Waals surface area contributed by atoms with E-state index in [4.69, 9.17) is 10.5 Å². The summed E-state index contributed by atoms with van der Waals surface area (Å²) >= 11 is 0. The summed E-state index contributed by atoms with van der Waals surface area (Å²) in [6, 6.07) is 5.48. The van der Waals surface area contributed by atoms with Gasteiger partial charge in [-0.05, 0) is 13.1 Å². The van der Waals surface area contributed by atoms with Crippen molar-refractivity contribution in [1.82, 2.24) is 4.90 Å². The molecule has 1 aromatic carbocycles. The maximum absolute atomic E-state index is 9.82. The Kier molecular flexibility index (Phi) is 4.39. The molecule has 0 fully saturated rings. The first-order valence-corrected chi connectivity index (χ1v) is 4.92. The van der Waals surface area contributed by atoms with Crippen LogP contribution in [0.5, 0.6) is 11.5 Å². The standard InChI is InChI=1S/C11H18N2O2/c1-13(7-6-12)8-9-4-3-5-10(15-2)11(9)14/h3-5,14H,6-8,12H2,1-2H3. The number of ether oxygens (including phenoxy) is 1. The number of hydrogen-bond acceptors (Lipinski definition) is 4. The van der Waals surface area contributed by atoms with E-state index < -0.39 is 0 Å². The van der Waals surface area contributed by atoms with Crippen LogP contribution in [-0.4, -0.2) is 37.3 Å². The van der Waals surface area contributed by atoms with Crippen LogP contribution in [0, 0.1) is 0 Å². The highest BCUT2D eigenvalue weighted by Gasteiger charge is 2.08. The van der Waals surface area contributed by atoms with E-state index in [0.717, 1.165) is 12.1 Å². The van der Waals surface area contributed by atoms with Gasteiger partial charge in [-0.2, -0.15) is 0 Å². The summed E-state index contributed by atoms with van der Waals surface area (Å²) in [7, 11) is 3.51. The highest BCUT2D eigenvalue weighted by molar-refractivity contribution is 5.45. The summed E-state index contributed by atoms with van der Waals surface area (Å²) in [6.45, 7) is 2.08. The first-order valence-electron chi connectivity index (χ1n) is 4.92. The van der Waals surface area contributed by atoms with Crippen molar-refractivity contribution in [2.75, 3.05) is 27.2 Å². The largest absolute Gasteiger partial charge is 0.504 e. The lowest BCUT2D eigenvalue weighted by atomic mass is 10.1. The molecule has 1 aromatic rings. The number of phenols is 1. The fourth-order valence-corrected chi connectivity index (χ4v) is 1.45. The molecule has 0 bridgehead atoms. The Labute approximate surface area is 90.3 Å². The minimum Gasteiger partial charge on any atom is -0.504 e. The van der Waals surface area contributed by atoms with E-state index in [9.17, 15) is 5.11 Å². The average Bonchev–Trinajstić information content (AvgIpc) is 2.21. The molecule has 3 N–H and O–H groups in total. The Morgan fingerprint density at radius 2 is 2.20 bits per heavy atom. The molecule has 0 aliphatic heterocycles. The number of nitrogens with zero attached hydrogens (tertiary/aromatic N) is 1. The van der Waals surface area contributed by atoms with Gasteiger partial charge in [0.05, 0.1) is 7.11 Å². The van der Waals surface area contributed by atoms with Gasteiger partial charge in [-0.3, -0.25) is 0 Å². The van der Waals surface area contributed by atoms with Gasteiger partial charge < -0.3 is 20.5 Å². The molecule has 0 saturated heterocycles. The highest BCUT2D eigenvalue weighted by Crippen LogP contribution is 2.29. The first kappa shape index (κ1) is 11.8. The monoisotopic (exact) mass is 210 g/mol. The number of para-hydroxylation sites is 1. The highest BCUT2D eigenvalue weighted by atomic mass is 16.5. The van der Waals surface area contributed by atoms with Crippen LogP contribution in [0.1, 0.15) is 5.56 Å². The summed E-state index contributed by atoms with van der Waals surface area (Å²) in [5.41, 5.74) is 6.30. The third-order valence-corrected chi connectivity index (χ3v) is 2.25. The van der Waals surface area contributed by atoms with Gasteiger partial charge in [0.15, 0.2) is 11.5 Å². The lowest BCUT2D eigenvalue weighted by Crippen LogP contribution is -2.25. The van der Waals surface area contributed by atoms with Crippen LogP contribution in [0.4, 0.5) is 0 Å². The predicted octanol–water partition coefficient (Wildman–Crippen LogP) is 0.791. The van der Waals surface area contributed by atoms with Crippen LogP contribution in [0.25, 0.3) is 0 Å². The molecule has 0 aliphatic rings. The zero-order valence-corrected chi connectivity index (χ0v) is 9.23. The molecule has 0 spiro atoms. The van der Waals surface area contributed by atoms with Crippen molar-refractivity contribution in [3.63, 3.8) is 0 Å². The molecular formula is C11H18N2O2. The molecule has 0 saturated carbocycles. The zero-order chi connectivity index (χ0) is 11.3. The van der Waals surface area contributed by atoms with E-state index in [1.807, 2.05) is 19.2 Å². The van der Waals surface area contributed by atoms with E-state index in [0.29, 0.717) is 18.8 Å². The molecule has 4 heteroatoms. The maximum Gasteiger partial charge on any atom is 0.162 e. The van der Waals surface area contributed by atoms with Crippen molar-refractivity contribution in [2.24, 2.45) is 5.73 Å². The second-order valence-corrected chi connectivity index (χ2v) is 3.49. The molecule has 84 valence electrons. The molecule has 4 nitrogen and oxygen atoms in total. The van der Waals surface area contributed by atoms with Crippen molar-refractivity contribution in [2.45, 2.75) is 6.54 Å². The lowest BCUT2D eigenvalue weighted by Gasteiger charge is -2.17. The summed E-state index contributed by atoms with van der Waals surface area (Å²) in [5.74, 6) is 0.720. The number of hydrogen-bond donors (Lipinski definition) is 2. The number of aromatic hydroxyl groups is 1. The molecule has 0 radical (unpaired) electrons. The van der Waals surface area contributed by atoms with Crippen LogP contribution in [-0.2, 0) is 6.54 Å². The van der Waals surface area contributed by atoms with Crippen molar-refractivity contribution in [3.05, 3.63) is 23.8 Å². The normalized spacial score (nSPS) is 10.7. The third kappa shape index (κ3) is 3.11. The molecular weight excluding hydrogens is 192 g/mol. The number of benzene rings is 1. The third-order valence-electron chi connectivity index (χ3n) is 2.25. The Morgan fingerprint density at radius 3 is 2.80 bits per heavy atom. The van der Waals surface area contributed by atoms with Crippen LogP contribution < -0.4 is 10.5 Å². The van der Waals surface area contributed by atoms with Gasteiger partial charge in [0.2, 0.25) is 0 Å². The summed E-state index contributed by atoms with van der Waals surface area (Å²) in [6.07, 6.45) is 0. The Bertz CT molecular complexity index is 315. The van der Waals surface area contributed by atoms with Gasteiger partial charge >= 0.3 is 0 Å². The lowest BCUT2D eigenvalue weighted by molar-refractivity contribution is 0.322. The van der Waals surface area contributed by atoms with E-state index in [2.05, 4.69) is 4.90 Å². The minimum atomic E-state index is 0.212. The van der Waals surface area contributed by atoms with Gasteiger partial charge in [0, 0.05) is 25.2 Å². The quantitative estimate of drug-likeness (QED) is 0.754. The fraction of sp³-hybridized carbons (Fsp3) is 0.455. The van der Waals surface area contributed by atoms with Crippen molar-refractivity contribution in [3.8, 4) is 11.5 Å². The van der Waals surface area contributed by atoms with Gasteiger partial charge in [0.1, 0.15) is 0 Å². The predicted molar refractivity (Wildman–Crippen MR) is 60.0 cm³/mol. The SMILES string of the molecule is COc1cccc(CN(C)CCN)c1O. The maximum atomic E-state index is 9.82. The van der Waals surface area contributed by atoms with Crippen LogP contribution in [0.2, 0.25) is 0 Å². The Balaban J connectivity index is 2.76.